The maximum absolute atomic E-state index is 12.1. The molecule has 0 saturated carbocycles. The average Bonchev–Trinajstić information content (AvgIpc) is 2.54. The van der Waals surface area contributed by atoms with E-state index in [1.165, 1.54) is 6.92 Å². The number of carbonyl (C=O) groups is 2. The van der Waals surface area contributed by atoms with Crippen LogP contribution in [0.25, 0.3) is 0 Å². The van der Waals surface area contributed by atoms with Gasteiger partial charge in [-0.3, -0.25) is 15.0 Å². The van der Waals surface area contributed by atoms with E-state index in [4.69, 9.17) is 15.9 Å². The second-order valence-corrected chi connectivity index (χ2v) is 6.01. The lowest BCUT2D eigenvalue weighted by molar-refractivity contribution is -0.134. The Labute approximate surface area is 141 Å². The molecule has 130 valence electrons. The number of guanidine groups is 1. The third-order valence-corrected chi connectivity index (χ3v) is 4.13. The monoisotopic (exact) mass is 332 g/mol. The molecule has 1 heterocycles. The highest BCUT2D eigenvalue weighted by atomic mass is 16.5. The highest BCUT2D eigenvalue weighted by Crippen LogP contribution is 2.26. The van der Waals surface area contributed by atoms with Gasteiger partial charge in [-0.1, -0.05) is 12.1 Å². The van der Waals surface area contributed by atoms with Crippen LogP contribution in [-0.4, -0.2) is 35.8 Å². The fraction of sp³-hybridized carbons (Fsp3) is 0.471. The van der Waals surface area contributed by atoms with Crippen molar-refractivity contribution in [1.29, 1.82) is 5.41 Å². The van der Waals surface area contributed by atoms with Crippen LogP contribution < -0.4 is 15.8 Å². The Hall–Kier alpha value is -2.57. The molecule has 0 aromatic heterocycles. The van der Waals surface area contributed by atoms with Crippen molar-refractivity contribution in [1.82, 2.24) is 4.90 Å². The second-order valence-electron chi connectivity index (χ2n) is 6.01. The van der Waals surface area contributed by atoms with E-state index in [1.807, 2.05) is 4.90 Å². The van der Waals surface area contributed by atoms with Gasteiger partial charge >= 0.3 is 5.97 Å². The van der Waals surface area contributed by atoms with Gasteiger partial charge in [0.05, 0.1) is 5.69 Å². The molecule has 0 atom stereocenters. The summed E-state index contributed by atoms with van der Waals surface area (Å²) in [5.41, 5.74) is 5.97. The summed E-state index contributed by atoms with van der Waals surface area (Å²) < 4.78 is 5.38. The smallest absolute Gasteiger partial charge is 0.311 e. The number of para-hydroxylation sites is 2. The van der Waals surface area contributed by atoms with E-state index in [0.29, 0.717) is 23.8 Å². The molecule has 1 amide bonds. The van der Waals surface area contributed by atoms with Crippen molar-refractivity contribution >= 4 is 23.5 Å². The number of ether oxygens (including phenoxy) is 1. The Bertz CT molecular complexity index is 610. The number of hydrogen-bond acceptors (Lipinski definition) is 4. The molecule has 1 aromatic rings. The van der Waals surface area contributed by atoms with Gasteiger partial charge in [-0.2, -0.15) is 0 Å². The molecule has 0 aliphatic carbocycles. The first-order valence-corrected chi connectivity index (χ1v) is 8.12. The predicted octanol–water partition coefficient (Wildman–Crippen LogP) is 1.94. The standard InChI is InChI=1S/C17H24N4O3/c1-12(22)20-14-4-2-3-5-15(14)24-16(23)7-6-13-8-10-21(11-9-13)17(18)19/h2-5,13H,6-11H2,1H3,(H3,18,19)(H,20,22). The largest absolute Gasteiger partial charge is 0.424 e. The molecule has 1 aliphatic rings. The van der Waals surface area contributed by atoms with Gasteiger partial charge in [0, 0.05) is 26.4 Å². The van der Waals surface area contributed by atoms with E-state index >= 15 is 0 Å². The summed E-state index contributed by atoms with van der Waals surface area (Å²) in [7, 11) is 0. The van der Waals surface area contributed by atoms with Crippen molar-refractivity contribution in [3.8, 4) is 5.75 Å². The molecule has 7 heteroatoms. The zero-order chi connectivity index (χ0) is 17.5. The van der Waals surface area contributed by atoms with Gasteiger partial charge in [-0.25, -0.2) is 0 Å². The van der Waals surface area contributed by atoms with Crippen molar-refractivity contribution < 1.29 is 14.3 Å². The number of nitrogens with zero attached hydrogens (tertiary/aromatic N) is 1. The number of nitrogens with one attached hydrogen (secondary N) is 2. The summed E-state index contributed by atoms with van der Waals surface area (Å²) in [5.74, 6) is 0.405. The van der Waals surface area contributed by atoms with E-state index in [-0.39, 0.29) is 17.8 Å². The minimum Gasteiger partial charge on any atom is -0.424 e. The van der Waals surface area contributed by atoms with E-state index in [9.17, 15) is 9.59 Å². The van der Waals surface area contributed by atoms with Crippen LogP contribution in [0.5, 0.6) is 5.75 Å². The molecule has 24 heavy (non-hydrogen) atoms. The third-order valence-electron chi connectivity index (χ3n) is 4.13. The fourth-order valence-corrected chi connectivity index (χ4v) is 2.81. The van der Waals surface area contributed by atoms with Crippen LogP contribution in [0.2, 0.25) is 0 Å². The van der Waals surface area contributed by atoms with Crippen molar-refractivity contribution in [2.24, 2.45) is 11.7 Å². The van der Waals surface area contributed by atoms with Crippen LogP contribution in [-0.2, 0) is 9.59 Å². The molecule has 0 spiro atoms. The molecule has 0 unspecified atom stereocenters. The van der Waals surface area contributed by atoms with Crippen molar-refractivity contribution in [3.63, 3.8) is 0 Å². The lowest BCUT2D eigenvalue weighted by atomic mass is 9.92. The summed E-state index contributed by atoms with van der Waals surface area (Å²) in [5, 5.41) is 10.1. The number of benzene rings is 1. The SMILES string of the molecule is CC(=O)Nc1ccccc1OC(=O)CCC1CCN(C(=N)N)CC1. The van der Waals surface area contributed by atoms with Gasteiger partial charge in [-0.15, -0.1) is 0 Å². The highest BCUT2D eigenvalue weighted by molar-refractivity contribution is 5.91. The Morgan fingerprint density at radius 2 is 2.00 bits per heavy atom. The number of piperidine rings is 1. The summed E-state index contributed by atoms with van der Waals surface area (Å²) >= 11 is 0. The summed E-state index contributed by atoms with van der Waals surface area (Å²) in [6.45, 7) is 2.94. The maximum atomic E-state index is 12.1. The van der Waals surface area contributed by atoms with Gasteiger partial charge in [0.1, 0.15) is 0 Å². The first-order chi connectivity index (χ1) is 11.5. The highest BCUT2D eigenvalue weighted by Gasteiger charge is 2.21. The molecule has 1 aromatic carbocycles. The lowest BCUT2D eigenvalue weighted by Crippen LogP contribution is -2.42. The summed E-state index contributed by atoms with van der Waals surface area (Å²) in [4.78, 5) is 25.1. The van der Waals surface area contributed by atoms with Crippen LogP contribution >= 0.6 is 0 Å². The topological polar surface area (TPSA) is 109 Å². The summed E-state index contributed by atoms with van der Waals surface area (Å²) in [6.07, 6.45) is 2.94. The maximum Gasteiger partial charge on any atom is 0.311 e. The molecule has 2 rings (SSSR count). The Balaban J connectivity index is 1.80. The van der Waals surface area contributed by atoms with E-state index < -0.39 is 0 Å². The Morgan fingerprint density at radius 1 is 1.33 bits per heavy atom. The van der Waals surface area contributed by atoms with E-state index in [0.717, 1.165) is 32.4 Å². The molecule has 0 radical (unpaired) electrons. The quantitative estimate of drug-likeness (QED) is 0.330. The number of likely N-dealkylation sites (tertiary alicyclic amines) is 1. The molecule has 1 fully saturated rings. The third kappa shape index (κ3) is 5.26. The minimum atomic E-state index is -0.304. The van der Waals surface area contributed by atoms with Crippen LogP contribution in [0, 0.1) is 11.3 Å². The molecular weight excluding hydrogens is 308 g/mol. The second kappa shape index (κ2) is 8.33. The fourth-order valence-electron chi connectivity index (χ4n) is 2.81. The van der Waals surface area contributed by atoms with Gasteiger partial charge in [0.15, 0.2) is 11.7 Å². The normalized spacial score (nSPS) is 15.0. The zero-order valence-corrected chi connectivity index (χ0v) is 13.9. The van der Waals surface area contributed by atoms with Crippen molar-refractivity contribution in [3.05, 3.63) is 24.3 Å². The van der Waals surface area contributed by atoms with E-state index in [2.05, 4.69) is 5.32 Å². The van der Waals surface area contributed by atoms with Crippen LogP contribution in [0.3, 0.4) is 0 Å². The molecule has 7 nitrogen and oxygen atoms in total. The Morgan fingerprint density at radius 3 is 2.62 bits per heavy atom. The minimum absolute atomic E-state index is 0.113. The van der Waals surface area contributed by atoms with Gasteiger partial charge < -0.3 is 20.7 Å². The molecule has 1 aliphatic heterocycles. The van der Waals surface area contributed by atoms with Crippen LogP contribution in [0.4, 0.5) is 5.69 Å². The number of anilines is 1. The Kier molecular flexibility index (Phi) is 6.17. The van der Waals surface area contributed by atoms with Crippen molar-refractivity contribution in [2.75, 3.05) is 18.4 Å². The predicted molar refractivity (Wildman–Crippen MR) is 91.8 cm³/mol. The number of esters is 1. The number of amides is 1. The number of rotatable bonds is 5. The van der Waals surface area contributed by atoms with Gasteiger partial charge in [0.25, 0.3) is 0 Å². The van der Waals surface area contributed by atoms with Gasteiger partial charge in [0.2, 0.25) is 5.91 Å². The first-order valence-electron chi connectivity index (χ1n) is 8.12. The number of nitrogens with two attached hydrogens (primary N) is 1. The van der Waals surface area contributed by atoms with Gasteiger partial charge in [-0.05, 0) is 37.3 Å². The molecular formula is C17H24N4O3. The summed E-state index contributed by atoms with van der Waals surface area (Å²) in [6, 6.07) is 6.88. The van der Waals surface area contributed by atoms with Crippen molar-refractivity contribution in [2.45, 2.75) is 32.6 Å². The molecule has 0 bridgehead atoms. The van der Waals surface area contributed by atoms with Crippen LogP contribution in [0.1, 0.15) is 32.6 Å². The zero-order valence-electron chi connectivity index (χ0n) is 13.9. The molecule has 1 saturated heterocycles. The first kappa shape index (κ1) is 17.8. The number of carbonyl (C=O) groups excluding carboxylic acids is 2. The van der Waals surface area contributed by atoms with Crippen LogP contribution in [0.15, 0.2) is 24.3 Å². The van der Waals surface area contributed by atoms with E-state index in [1.54, 1.807) is 24.3 Å². The molecule has 4 N–H and O–H groups in total. The average molecular weight is 332 g/mol. The lowest BCUT2D eigenvalue weighted by Gasteiger charge is -2.31. The number of hydrogen-bond donors (Lipinski definition) is 3.